The van der Waals surface area contributed by atoms with Gasteiger partial charge in [-0.2, -0.15) is 0 Å². The van der Waals surface area contributed by atoms with Crippen molar-refractivity contribution >= 4 is 28.5 Å². The molecule has 1 heterocycles. The fourth-order valence-corrected chi connectivity index (χ4v) is 5.04. The normalized spacial score (nSPS) is 11.0. The third-order valence-electron chi connectivity index (χ3n) is 7.29. The van der Waals surface area contributed by atoms with Crippen molar-refractivity contribution in [2.75, 3.05) is 51.7 Å². The minimum Gasteiger partial charge on any atom is -0.456 e. The molecule has 0 spiro atoms. The van der Waals surface area contributed by atoms with Crippen LogP contribution in [0.3, 0.4) is 0 Å². The monoisotopic (exact) mass is 527 g/mol. The van der Waals surface area contributed by atoms with Crippen LogP contribution in [0.15, 0.2) is 65.1 Å². The van der Waals surface area contributed by atoms with Crippen LogP contribution in [-0.4, -0.2) is 63.5 Å². The molecule has 1 aliphatic heterocycles. The van der Waals surface area contributed by atoms with Gasteiger partial charge in [-0.05, 0) is 57.5 Å². The molecule has 0 atom stereocenters. The van der Waals surface area contributed by atoms with E-state index in [0.29, 0.717) is 5.56 Å². The van der Waals surface area contributed by atoms with Gasteiger partial charge >= 0.3 is 0 Å². The molecule has 0 radical (unpaired) electrons. The summed E-state index contributed by atoms with van der Waals surface area (Å²) in [5.41, 5.74) is 5.03. The third kappa shape index (κ3) is 5.67. The molecular formula is C32H39N4O3+. The first-order chi connectivity index (χ1) is 18.8. The summed E-state index contributed by atoms with van der Waals surface area (Å²) >= 11 is 0. The van der Waals surface area contributed by atoms with Gasteiger partial charge in [0.05, 0.1) is 12.6 Å². The van der Waals surface area contributed by atoms with Crippen LogP contribution >= 0.6 is 0 Å². The predicted molar refractivity (Wildman–Crippen MR) is 159 cm³/mol. The summed E-state index contributed by atoms with van der Waals surface area (Å²) in [4.78, 5) is 29.3. The number of hydrogen-bond acceptors (Lipinski definition) is 4. The first-order valence-electron chi connectivity index (χ1n) is 13.7. The first-order valence-corrected chi connectivity index (χ1v) is 13.7. The van der Waals surface area contributed by atoms with Crippen molar-refractivity contribution in [2.45, 2.75) is 27.7 Å². The second kappa shape index (κ2) is 12.2. The molecule has 0 aromatic heterocycles. The Morgan fingerprint density at radius 1 is 0.872 bits per heavy atom. The van der Waals surface area contributed by atoms with E-state index in [-0.39, 0.29) is 18.4 Å². The summed E-state index contributed by atoms with van der Waals surface area (Å²) in [6.45, 7) is 12.1. The van der Waals surface area contributed by atoms with Crippen LogP contribution < -0.4 is 20.1 Å². The van der Waals surface area contributed by atoms with Crippen LogP contribution in [0, 0.1) is 0 Å². The van der Waals surface area contributed by atoms with Gasteiger partial charge in [-0.3, -0.25) is 9.59 Å². The molecule has 1 aliphatic carbocycles. The lowest BCUT2D eigenvalue weighted by molar-refractivity contribution is -0.127. The molecule has 204 valence electrons. The summed E-state index contributed by atoms with van der Waals surface area (Å²) < 4.78 is 8.86. The highest BCUT2D eigenvalue weighted by molar-refractivity contribution is 6.09. The van der Waals surface area contributed by atoms with Gasteiger partial charge in [0.2, 0.25) is 11.3 Å². The lowest BCUT2D eigenvalue weighted by atomic mass is 9.90. The van der Waals surface area contributed by atoms with Gasteiger partial charge in [-0.15, -0.1) is 0 Å². The number of anilines is 1. The quantitative estimate of drug-likeness (QED) is 0.254. The van der Waals surface area contributed by atoms with Crippen molar-refractivity contribution in [1.82, 2.24) is 14.8 Å². The number of likely N-dealkylation sites (N-methyl/N-ethyl adjacent to an activating group) is 1. The predicted octanol–water partition coefficient (Wildman–Crippen LogP) is 4.68. The maximum Gasteiger partial charge on any atom is 0.252 e. The number of benzene rings is 3. The van der Waals surface area contributed by atoms with Gasteiger partial charge < -0.3 is 19.5 Å². The largest absolute Gasteiger partial charge is 0.456 e. The topological polar surface area (TPSA) is 68.8 Å². The number of rotatable bonds is 9. The Kier molecular flexibility index (Phi) is 8.69. The Labute approximate surface area is 230 Å². The summed E-state index contributed by atoms with van der Waals surface area (Å²) in [6, 6.07) is 20.1. The van der Waals surface area contributed by atoms with E-state index < -0.39 is 0 Å². The average molecular weight is 528 g/mol. The van der Waals surface area contributed by atoms with Gasteiger partial charge in [-0.25, -0.2) is 4.58 Å². The van der Waals surface area contributed by atoms with E-state index in [0.717, 1.165) is 70.6 Å². The lowest BCUT2D eigenvalue weighted by Gasteiger charge is -2.22. The van der Waals surface area contributed by atoms with Gasteiger partial charge in [0.15, 0.2) is 0 Å². The van der Waals surface area contributed by atoms with Crippen LogP contribution in [0.2, 0.25) is 0 Å². The van der Waals surface area contributed by atoms with Crippen LogP contribution in [0.5, 0.6) is 0 Å². The molecule has 39 heavy (non-hydrogen) atoms. The molecule has 0 saturated heterocycles. The minimum atomic E-state index is -0.289. The van der Waals surface area contributed by atoms with E-state index >= 15 is 0 Å². The zero-order valence-corrected chi connectivity index (χ0v) is 23.9. The van der Waals surface area contributed by atoms with Crippen molar-refractivity contribution < 1.29 is 14.0 Å². The minimum absolute atomic E-state index is 0.0632. The molecule has 0 bridgehead atoms. The number of carbonyl (C=O) groups is 2. The smallest absolute Gasteiger partial charge is 0.252 e. The van der Waals surface area contributed by atoms with Crippen molar-refractivity contribution in [3.05, 3.63) is 71.6 Å². The van der Waals surface area contributed by atoms with Gasteiger partial charge in [0.1, 0.15) is 24.4 Å². The Morgan fingerprint density at radius 3 is 2.26 bits per heavy atom. The molecule has 7 heteroatoms. The molecule has 1 N–H and O–H groups in total. The summed E-state index contributed by atoms with van der Waals surface area (Å²) in [7, 11) is 3.35. The molecule has 0 unspecified atom stereocenters. The number of amides is 2. The van der Waals surface area contributed by atoms with E-state index in [9.17, 15) is 9.59 Å². The van der Waals surface area contributed by atoms with Crippen LogP contribution in [0.4, 0.5) is 5.69 Å². The Bertz CT molecular complexity index is 1530. The Balaban J connectivity index is 1.99. The highest BCUT2D eigenvalue weighted by Crippen LogP contribution is 2.42. The highest BCUT2D eigenvalue weighted by Gasteiger charge is 2.23. The van der Waals surface area contributed by atoms with Gasteiger partial charge in [0, 0.05) is 67.1 Å². The molecule has 7 nitrogen and oxygen atoms in total. The van der Waals surface area contributed by atoms with Crippen molar-refractivity contribution in [3.63, 3.8) is 0 Å². The van der Waals surface area contributed by atoms with Crippen LogP contribution in [0.1, 0.15) is 38.1 Å². The molecule has 0 fully saturated rings. The number of fused-ring (bicyclic) bond motifs is 2. The summed E-state index contributed by atoms with van der Waals surface area (Å²) in [5.74, 6) is 0.308. The van der Waals surface area contributed by atoms with Crippen molar-refractivity contribution in [3.8, 4) is 22.5 Å². The van der Waals surface area contributed by atoms with E-state index in [1.807, 2.05) is 18.2 Å². The molecular weight excluding hydrogens is 488 g/mol. The molecule has 4 rings (SSSR count). The van der Waals surface area contributed by atoms with Gasteiger partial charge in [0.25, 0.3) is 5.91 Å². The fraction of sp³-hybridized carbons (Fsp3) is 0.344. The number of hydrogen-bond donors (Lipinski definition) is 1. The molecule has 2 aliphatic rings. The van der Waals surface area contributed by atoms with Gasteiger partial charge in [-0.1, -0.05) is 18.2 Å². The number of carbonyl (C=O) groups excluding carboxylic acids is 2. The molecule has 2 aromatic rings. The maximum absolute atomic E-state index is 13.4. The molecule has 2 aromatic carbocycles. The van der Waals surface area contributed by atoms with E-state index in [2.05, 4.69) is 78.9 Å². The maximum atomic E-state index is 13.4. The van der Waals surface area contributed by atoms with Crippen LogP contribution in [-0.2, 0) is 4.79 Å². The lowest BCUT2D eigenvalue weighted by Crippen LogP contribution is -2.36. The van der Waals surface area contributed by atoms with Crippen LogP contribution in [0.25, 0.3) is 33.4 Å². The highest BCUT2D eigenvalue weighted by atomic mass is 16.3. The second-order valence-electron chi connectivity index (χ2n) is 9.70. The third-order valence-corrected chi connectivity index (χ3v) is 7.29. The molecule has 2 amide bonds. The standard InChI is InChI=1S/C32H38N4O3/c1-7-35(8-2)22-15-17-26-28(19-22)39-29-20-23(36(9-3)10-4)16-18-27(29)31(26)24-13-11-12-14-25(24)32(38)33-21-30(37)34(5)6/h11-20H,7-10,21H2,1-6H3/p+1. The van der Waals surface area contributed by atoms with E-state index in [1.165, 1.54) is 4.90 Å². The number of nitrogens with one attached hydrogen (secondary N) is 1. The van der Waals surface area contributed by atoms with Crippen molar-refractivity contribution in [1.29, 1.82) is 0 Å². The van der Waals surface area contributed by atoms with Crippen molar-refractivity contribution in [2.24, 2.45) is 0 Å². The van der Waals surface area contributed by atoms with E-state index in [1.54, 1.807) is 20.2 Å². The SMILES string of the molecule is CCN(CC)c1ccc2c(-c3ccccc3C(=O)NCC(=O)N(C)C)c3ccc(=[N+](CC)CC)cc-3oc2c1. The summed E-state index contributed by atoms with van der Waals surface area (Å²) in [6.07, 6.45) is 0. The Morgan fingerprint density at radius 2 is 1.59 bits per heavy atom. The zero-order chi connectivity index (χ0) is 28.1. The number of nitrogens with zero attached hydrogens (tertiary/aromatic N) is 3. The Hall–Kier alpha value is -4.13. The zero-order valence-electron chi connectivity index (χ0n) is 23.9. The fourth-order valence-electron chi connectivity index (χ4n) is 5.04. The first kappa shape index (κ1) is 27.9. The van der Waals surface area contributed by atoms with E-state index in [4.69, 9.17) is 4.42 Å². The second-order valence-corrected chi connectivity index (χ2v) is 9.70. The molecule has 0 saturated carbocycles. The average Bonchev–Trinajstić information content (AvgIpc) is 2.95. The summed E-state index contributed by atoms with van der Waals surface area (Å²) in [5, 5.41) is 4.82.